The van der Waals surface area contributed by atoms with Gasteiger partial charge < -0.3 is 19.4 Å². The van der Waals surface area contributed by atoms with Gasteiger partial charge in [-0.25, -0.2) is 0 Å². The zero-order valence-electron chi connectivity index (χ0n) is 20.9. The Morgan fingerprint density at radius 1 is 0.919 bits per heavy atom. The van der Waals surface area contributed by atoms with Crippen molar-refractivity contribution in [3.63, 3.8) is 0 Å². The summed E-state index contributed by atoms with van der Waals surface area (Å²) in [5.41, 5.74) is 6.28. The molecule has 37 heavy (non-hydrogen) atoms. The predicted molar refractivity (Wildman–Crippen MR) is 146 cm³/mol. The van der Waals surface area contributed by atoms with Crippen LogP contribution in [0.1, 0.15) is 41.7 Å². The zero-order valence-corrected chi connectivity index (χ0v) is 20.9. The molecule has 0 unspecified atom stereocenters. The number of anilines is 2. The third-order valence-corrected chi connectivity index (χ3v) is 7.45. The summed E-state index contributed by atoms with van der Waals surface area (Å²) in [4.78, 5) is 16.4. The molecule has 0 fully saturated rings. The molecule has 1 aliphatic heterocycles. The third kappa shape index (κ3) is 4.53. The van der Waals surface area contributed by atoms with E-state index in [9.17, 15) is 4.79 Å². The lowest BCUT2D eigenvalue weighted by atomic mass is 9.80. The fraction of sp³-hybridized carbons (Fsp3) is 0.219. The molecule has 1 aliphatic carbocycles. The molecule has 0 spiro atoms. The topological polar surface area (TPSA) is 54.7 Å². The minimum absolute atomic E-state index is 0.0216. The number of fused-ring (bicyclic) bond motifs is 1. The number of para-hydroxylation sites is 2. The number of ether oxygens (including phenoxy) is 1. The molecule has 0 saturated heterocycles. The van der Waals surface area contributed by atoms with Crippen LogP contribution in [0.4, 0.5) is 11.4 Å². The molecule has 5 heteroatoms. The van der Waals surface area contributed by atoms with Gasteiger partial charge in [0.1, 0.15) is 11.5 Å². The van der Waals surface area contributed by atoms with Gasteiger partial charge in [-0.15, -0.1) is 0 Å². The summed E-state index contributed by atoms with van der Waals surface area (Å²) < 4.78 is 11.2. The Morgan fingerprint density at radius 2 is 1.70 bits per heavy atom. The van der Waals surface area contributed by atoms with Crippen molar-refractivity contribution in [2.75, 3.05) is 23.9 Å². The minimum atomic E-state index is -0.217. The second-order valence-electron chi connectivity index (χ2n) is 9.68. The highest BCUT2D eigenvalue weighted by molar-refractivity contribution is 6.01. The smallest absolute Gasteiger partial charge is 0.163 e. The number of hydrogen-bond donors (Lipinski definition) is 1. The average Bonchev–Trinajstić information content (AvgIpc) is 3.44. The first-order valence-corrected chi connectivity index (χ1v) is 12.8. The van der Waals surface area contributed by atoms with Gasteiger partial charge >= 0.3 is 0 Å². The summed E-state index contributed by atoms with van der Waals surface area (Å²) in [6.07, 6.45) is 3.71. The highest BCUT2D eigenvalue weighted by Gasteiger charge is 2.39. The second-order valence-corrected chi connectivity index (χ2v) is 9.68. The van der Waals surface area contributed by atoms with Gasteiger partial charge in [0.25, 0.3) is 0 Å². The number of furan rings is 1. The van der Waals surface area contributed by atoms with Crippen LogP contribution >= 0.6 is 0 Å². The van der Waals surface area contributed by atoms with Gasteiger partial charge in [-0.1, -0.05) is 54.6 Å². The molecular weight excluding hydrogens is 460 g/mol. The van der Waals surface area contributed by atoms with Crippen LogP contribution in [0.25, 0.3) is 0 Å². The van der Waals surface area contributed by atoms with Crippen LogP contribution < -0.4 is 15.0 Å². The summed E-state index contributed by atoms with van der Waals surface area (Å²) >= 11 is 0. The van der Waals surface area contributed by atoms with Crippen molar-refractivity contribution in [1.29, 1.82) is 0 Å². The van der Waals surface area contributed by atoms with E-state index in [1.807, 2.05) is 36.4 Å². The molecule has 3 aromatic carbocycles. The summed E-state index contributed by atoms with van der Waals surface area (Å²) in [5, 5.41) is 3.68. The molecule has 5 nitrogen and oxygen atoms in total. The quantitative estimate of drug-likeness (QED) is 0.318. The van der Waals surface area contributed by atoms with Crippen LogP contribution in [0, 0.1) is 0 Å². The first-order chi connectivity index (χ1) is 18.2. The summed E-state index contributed by atoms with van der Waals surface area (Å²) in [6, 6.07) is 30.7. The Balaban J connectivity index is 1.48. The van der Waals surface area contributed by atoms with E-state index in [1.54, 1.807) is 13.4 Å². The lowest BCUT2D eigenvalue weighted by Crippen LogP contribution is -2.35. The van der Waals surface area contributed by atoms with Gasteiger partial charge in [-0.2, -0.15) is 0 Å². The fourth-order valence-electron chi connectivity index (χ4n) is 5.66. The van der Waals surface area contributed by atoms with Crippen molar-refractivity contribution in [2.24, 2.45) is 0 Å². The minimum Gasteiger partial charge on any atom is -0.497 e. The van der Waals surface area contributed by atoms with E-state index in [-0.39, 0.29) is 17.7 Å². The number of allylic oxidation sites excluding steroid dienone is 1. The van der Waals surface area contributed by atoms with Crippen molar-refractivity contribution in [3.05, 3.63) is 125 Å². The number of benzene rings is 3. The Morgan fingerprint density at radius 3 is 2.46 bits per heavy atom. The molecule has 2 atom stereocenters. The van der Waals surface area contributed by atoms with Crippen LogP contribution in [0.2, 0.25) is 0 Å². The first kappa shape index (κ1) is 23.2. The van der Waals surface area contributed by atoms with Crippen molar-refractivity contribution < 1.29 is 13.9 Å². The number of carbonyl (C=O) groups excluding carboxylic acids is 1. The molecule has 0 radical (unpaired) electrons. The van der Waals surface area contributed by atoms with E-state index < -0.39 is 0 Å². The Kier molecular flexibility index (Phi) is 6.27. The molecule has 6 rings (SSSR count). The van der Waals surface area contributed by atoms with Gasteiger partial charge in [0.2, 0.25) is 0 Å². The van der Waals surface area contributed by atoms with Gasteiger partial charge in [0, 0.05) is 30.2 Å². The van der Waals surface area contributed by atoms with Gasteiger partial charge in [-0.3, -0.25) is 4.79 Å². The largest absolute Gasteiger partial charge is 0.497 e. The standard InChI is InChI=1S/C32H30N2O3/c1-36-25-15-13-23(14-16-25)32-31-27(20-24(21-29(31)35)30-12-7-19-37-30)33-26-10-5-6-11-28(26)34(32)18-17-22-8-3-2-4-9-22/h2-16,19,24,32-33H,17-18,20-21H2,1H3/t24-,32+/m0/s1. The maximum Gasteiger partial charge on any atom is 0.163 e. The maximum atomic E-state index is 14.0. The number of rotatable bonds is 6. The maximum absolute atomic E-state index is 14.0. The van der Waals surface area contributed by atoms with Gasteiger partial charge in [0.15, 0.2) is 5.78 Å². The summed E-state index contributed by atoms with van der Waals surface area (Å²) in [6.45, 7) is 0.769. The highest BCUT2D eigenvalue weighted by atomic mass is 16.5. The van der Waals surface area contributed by atoms with E-state index in [0.717, 1.165) is 59.1 Å². The Labute approximate surface area is 217 Å². The first-order valence-electron chi connectivity index (χ1n) is 12.8. The SMILES string of the molecule is COc1ccc([C@@H]2C3=C(C[C@H](c4ccco4)CC3=O)Nc3ccccc3N2CCc2ccccc2)cc1. The van der Waals surface area contributed by atoms with E-state index in [0.29, 0.717) is 6.42 Å². The molecule has 0 saturated carbocycles. The zero-order chi connectivity index (χ0) is 25.2. The number of carbonyl (C=O) groups is 1. The predicted octanol–water partition coefficient (Wildman–Crippen LogP) is 6.90. The number of hydrogen-bond acceptors (Lipinski definition) is 5. The molecular formula is C32H30N2O3. The lowest BCUT2D eigenvalue weighted by Gasteiger charge is -2.36. The summed E-state index contributed by atoms with van der Waals surface area (Å²) in [7, 11) is 1.67. The molecule has 0 bridgehead atoms. The molecule has 0 amide bonds. The highest BCUT2D eigenvalue weighted by Crippen LogP contribution is 2.47. The van der Waals surface area contributed by atoms with Crippen molar-refractivity contribution in [2.45, 2.75) is 31.2 Å². The Bertz CT molecular complexity index is 1410. The molecule has 2 aliphatic rings. The van der Waals surface area contributed by atoms with E-state index in [1.165, 1.54) is 5.56 Å². The normalized spacial score (nSPS) is 19.1. The second kappa shape index (κ2) is 10.0. The number of methoxy groups -OCH3 is 1. The van der Waals surface area contributed by atoms with Crippen molar-refractivity contribution in [3.8, 4) is 5.75 Å². The van der Waals surface area contributed by atoms with Crippen LogP contribution in [0.15, 0.2) is 113 Å². The van der Waals surface area contributed by atoms with Crippen LogP contribution in [-0.4, -0.2) is 19.4 Å². The monoisotopic (exact) mass is 490 g/mol. The fourth-order valence-corrected chi connectivity index (χ4v) is 5.66. The van der Waals surface area contributed by atoms with E-state index in [2.05, 4.69) is 64.8 Å². The number of ketones is 1. The van der Waals surface area contributed by atoms with Crippen molar-refractivity contribution >= 4 is 17.2 Å². The van der Waals surface area contributed by atoms with E-state index in [4.69, 9.17) is 9.15 Å². The van der Waals surface area contributed by atoms with Crippen LogP contribution in [0.3, 0.4) is 0 Å². The third-order valence-electron chi connectivity index (χ3n) is 7.45. The number of nitrogens with one attached hydrogen (secondary N) is 1. The lowest BCUT2D eigenvalue weighted by molar-refractivity contribution is -0.116. The van der Waals surface area contributed by atoms with Crippen LogP contribution in [0.5, 0.6) is 5.75 Å². The molecule has 1 aromatic heterocycles. The van der Waals surface area contributed by atoms with E-state index >= 15 is 0 Å². The molecule has 186 valence electrons. The van der Waals surface area contributed by atoms with Crippen LogP contribution in [-0.2, 0) is 11.2 Å². The average molecular weight is 491 g/mol. The summed E-state index contributed by atoms with van der Waals surface area (Å²) in [5.74, 6) is 1.84. The Hall–Kier alpha value is -4.25. The molecule has 2 heterocycles. The molecule has 1 N–H and O–H groups in total. The van der Waals surface area contributed by atoms with Gasteiger partial charge in [0.05, 0.1) is 30.8 Å². The number of nitrogens with zero attached hydrogens (tertiary/aromatic N) is 1. The van der Waals surface area contributed by atoms with Gasteiger partial charge in [-0.05, 0) is 60.4 Å². The van der Waals surface area contributed by atoms with Crippen molar-refractivity contribution in [1.82, 2.24) is 0 Å². The number of Topliss-reactive ketones (excluding diaryl/α,β-unsaturated/α-hetero) is 1. The molecule has 4 aromatic rings.